The van der Waals surface area contributed by atoms with E-state index in [4.69, 9.17) is 0 Å². The largest absolute Gasteiger partial charge is 0.348 e. The summed E-state index contributed by atoms with van der Waals surface area (Å²) in [6.07, 6.45) is 6.38. The van der Waals surface area contributed by atoms with Gasteiger partial charge in [0.15, 0.2) is 0 Å². The molecule has 1 aliphatic rings. The van der Waals surface area contributed by atoms with Gasteiger partial charge in [0.05, 0.1) is 0 Å². The molecule has 1 amide bonds. The topological polar surface area (TPSA) is 61.0 Å². The van der Waals surface area contributed by atoms with E-state index in [0.717, 1.165) is 38.3 Å². The highest BCUT2D eigenvalue weighted by molar-refractivity contribution is 5.76. The van der Waals surface area contributed by atoms with Crippen molar-refractivity contribution in [2.45, 2.75) is 25.2 Å². The molecule has 0 aliphatic carbocycles. The Bertz CT molecular complexity index is 349. The molecule has 94 valence electrons. The lowest BCUT2D eigenvalue weighted by Gasteiger charge is -2.32. The van der Waals surface area contributed by atoms with Gasteiger partial charge in [-0.2, -0.15) is 0 Å². The molecule has 0 aromatic carbocycles. The van der Waals surface area contributed by atoms with Crippen LogP contribution < -0.4 is 5.32 Å². The van der Waals surface area contributed by atoms with Crippen LogP contribution in [0.15, 0.2) is 12.4 Å². The highest BCUT2D eigenvalue weighted by Gasteiger charge is 2.25. The molecule has 0 radical (unpaired) electrons. The maximum absolute atomic E-state index is 11.9. The Hall–Kier alpha value is -1.36. The third-order valence-electron chi connectivity index (χ3n) is 3.27. The van der Waals surface area contributed by atoms with Crippen molar-refractivity contribution in [2.75, 3.05) is 26.7 Å². The van der Waals surface area contributed by atoms with Crippen molar-refractivity contribution < 1.29 is 4.79 Å². The number of hydrogen-bond acceptors (Lipinski definition) is 3. The van der Waals surface area contributed by atoms with Gasteiger partial charge in [-0.15, -0.1) is 0 Å². The molecule has 2 N–H and O–H groups in total. The van der Waals surface area contributed by atoms with Gasteiger partial charge in [-0.1, -0.05) is 0 Å². The zero-order valence-electron chi connectivity index (χ0n) is 10.3. The first-order valence-corrected chi connectivity index (χ1v) is 6.23. The second-order valence-corrected chi connectivity index (χ2v) is 4.51. The van der Waals surface area contributed by atoms with E-state index in [1.54, 1.807) is 6.20 Å². The van der Waals surface area contributed by atoms with Crippen LogP contribution in [0.25, 0.3) is 0 Å². The number of aromatic amines is 1. The monoisotopic (exact) mass is 236 g/mol. The van der Waals surface area contributed by atoms with Gasteiger partial charge in [-0.25, -0.2) is 4.98 Å². The number of carbonyl (C=O) groups excluding carboxylic acids is 1. The zero-order chi connectivity index (χ0) is 12.1. The first-order valence-electron chi connectivity index (χ1n) is 6.23. The van der Waals surface area contributed by atoms with E-state index in [-0.39, 0.29) is 5.91 Å². The molecule has 0 spiro atoms. The summed E-state index contributed by atoms with van der Waals surface area (Å²) < 4.78 is 0. The highest BCUT2D eigenvalue weighted by Crippen LogP contribution is 2.24. The number of amides is 1. The number of rotatable bonds is 4. The summed E-state index contributed by atoms with van der Waals surface area (Å²) in [5, 5.41) is 3.01. The summed E-state index contributed by atoms with van der Waals surface area (Å²) in [5.41, 5.74) is 0. The molecule has 1 fully saturated rings. The van der Waals surface area contributed by atoms with Crippen molar-refractivity contribution >= 4 is 5.91 Å². The lowest BCUT2D eigenvalue weighted by atomic mass is 9.97. The van der Waals surface area contributed by atoms with E-state index in [2.05, 4.69) is 15.3 Å². The van der Waals surface area contributed by atoms with Gasteiger partial charge in [0.2, 0.25) is 5.91 Å². The number of H-pyrrole nitrogens is 1. The Balaban J connectivity index is 1.90. The normalized spacial score (nSPS) is 20.5. The smallest absolute Gasteiger partial charge is 0.223 e. The Labute approximate surface area is 102 Å². The SMILES string of the molecule is CNCCC(=O)N1CCCC(c2ncc[nH]2)C1. The standard InChI is InChI=1S/C12H20N4O/c1-13-5-4-11(17)16-8-2-3-10(9-16)12-14-6-7-15-12/h6-7,10,13H,2-5,8-9H2,1H3,(H,14,15). The Morgan fingerprint density at radius 1 is 1.71 bits per heavy atom. The summed E-state index contributed by atoms with van der Waals surface area (Å²) in [5.74, 6) is 1.63. The van der Waals surface area contributed by atoms with Crippen LogP contribution in [0.1, 0.15) is 31.0 Å². The van der Waals surface area contributed by atoms with Crippen molar-refractivity contribution in [2.24, 2.45) is 0 Å². The fourth-order valence-electron chi connectivity index (χ4n) is 2.32. The molecule has 1 aromatic rings. The molecule has 1 unspecified atom stereocenters. The molecule has 1 atom stereocenters. The Kier molecular flexibility index (Phi) is 4.14. The summed E-state index contributed by atoms with van der Waals surface area (Å²) in [7, 11) is 1.87. The van der Waals surface area contributed by atoms with E-state index < -0.39 is 0 Å². The molecule has 5 nitrogen and oxygen atoms in total. The van der Waals surface area contributed by atoms with Gasteiger partial charge in [0.1, 0.15) is 5.82 Å². The minimum Gasteiger partial charge on any atom is -0.348 e. The van der Waals surface area contributed by atoms with Crippen LogP contribution in [0, 0.1) is 0 Å². The molecule has 2 heterocycles. The number of carbonyl (C=O) groups is 1. The predicted octanol–water partition coefficient (Wildman–Crippen LogP) is 0.725. The molecular weight excluding hydrogens is 216 g/mol. The second-order valence-electron chi connectivity index (χ2n) is 4.51. The minimum absolute atomic E-state index is 0.246. The van der Waals surface area contributed by atoms with Crippen molar-refractivity contribution in [3.63, 3.8) is 0 Å². The quantitative estimate of drug-likeness (QED) is 0.810. The number of imidazole rings is 1. The number of likely N-dealkylation sites (tertiary alicyclic amines) is 1. The molecule has 0 bridgehead atoms. The van der Waals surface area contributed by atoms with Crippen molar-refractivity contribution in [1.82, 2.24) is 20.2 Å². The first kappa shape index (κ1) is 12.1. The highest BCUT2D eigenvalue weighted by atomic mass is 16.2. The number of nitrogens with one attached hydrogen (secondary N) is 2. The molecule has 5 heteroatoms. The number of nitrogens with zero attached hydrogens (tertiary/aromatic N) is 2. The van der Waals surface area contributed by atoms with E-state index in [1.807, 2.05) is 18.1 Å². The summed E-state index contributed by atoms with van der Waals surface area (Å²) in [6, 6.07) is 0. The van der Waals surface area contributed by atoms with Crippen LogP contribution in [-0.4, -0.2) is 47.5 Å². The number of hydrogen-bond donors (Lipinski definition) is 2. The minimum atomic E-state index is 0.246. The second kappa shape index (κ2) is 5.82. The maximum Gasteiger partial charge on any atom is 0.223 e. The van der Waals surface area contributed by atoms with Crippen LogP contribution in [0.3, 0.4) is 0 Å². The molecule has 1 saturated heterocycles. The summed E-state index contributed by atoms with van der Waals surface area (Å²) in [4.78, 5) is 21.3. The van der Waals surface area contributed by atoms with Gasteiger partial charge in [-0.3, -0.25) is 4.79 Å². The Morgan fingerprint density at radius 3 is 3.29 bits per heavy atom. The van der Waals surface area contributed by atoms with Gasteiger partial charge in [0, 0.05) is 44.4 Å². The molecule has 1 aromatic heterocycles. The molecule has 17 heavy (non-hydrogen) atoms. The average molecular weight is 236 g/mol. The fourth-order valence-corrected chi connectivity index (χ4v) is 2.32. The maximum atomic E-state index is 11.9. The zero-order valence-corrected chi connectivity index (χ0v) is 10.3. The molecule has 2 rings (SSSR count). The number of aromatic nitrogens is 2. The van der Waals surface area contributed by atoms with Gasteiger partial charge in [-0.05, 0) is 19.9 Å². The number of piperidine rings is 1. The average Bonchev–Trinajstić information content (AvgIpc) is 2.90. The van der Waals surface area contributed by atoms with Crippen molar-refractivity contribution in [3.05, 3.63) is 18.2 Å². The van der Waals surface area contributed by atoms with Gasteiger partial charge < -0.3 is 15.2 Å². The third kappa shape index (κ3) is 3.06. The Morgan fingerprint density at radius 2 is 2.59 bits per heavy atom. The van der Waals surface area contributed by atoms with E-state index in [9.17, 15) is 4.79 Å². The van der Waals surface area contributed by atoms with Crippen LogP contribution in [0.2, 0.25) is 0 Å². The van der Waals surface area contributed by atoms with Crippen LogP contribution in [0.4, 0.5) is 0 Å². The lowest BCUT2D eigenvalue weighted by Crippen LogP contribution is -2.40. The predicted molar refractivity (Wildman–Crippen MR) is 65.7 cm³/mol. The summed E-state index contributed by atoms with van der Waals surface area (Å²) in [6.45, 7) is 2.44. The van der Waals surface area contributed by atoms with Crippen LogP contribution in [-0.2, 0) is 4.79 Å². The molecule has 1 aliphatic heterocycles. The van der Waals surface area contributed by atoms with Crippen LogP contribution >= 0.6 is 0 Å². The fraction of sp³-hybridized carbons (Fsp3) is 0.667. The van der Waals surface area contributed by atoms with E-state index in [0.29, 0.717) is 12.3 Å². The molecular formula is C12H20N4O. The van der Waals surface area contributed by atoms with Crippen molar-refractivity contribution in [3.8, 4) is 0 Å². The van der Waals surface area contributed by atoms with E-state index >= 15 is 0 Å². The first-order chi connectivity index (χ1) is 8.31. The molecule has 0 saturated carbocycles. The van der Waals surface area contributed by atoms with Crippen LogP contribution in [0.5, 0.6) is 0 Å². The van der Waals surface area contributed by atoms with E-state index in [1.165, 1.54) is 0 Å². The summed E-state index contributed by atoms with van der Waals surface area (Å²) >= 11 is 0. The van der Waals surface area contributed by atoms with Gasteiger partial charge in [0.25, 0.3) is 0 Å². The van der Waals surface area contributed by atoms with Crippen molar-refractivity contribution in [1.29, 1.82) is 0 Å². The lowest BCUT2D eigenvalue weighted by molar-refractivity contribution is -0.132. The third-order valence-corrected chi connectivity index (χ3v) is 3.27. The van der Waals surface area contributed by atoms with Gasteiger partial charge >= 0.3 is 0 Å².